The molecule has 0 amide bonds. The zero-order valence-electron chi connectivity index (χ0n) is 27.5. The van der Waals surface area contributed by atoms with Gasteiger partial charge in [-0.3, -0.25) is 9.36 Å². The molecule has 0 spiro atoms. The molecule has 0 saturated carbocycles. The van der Waals surface area contributed by atoms with Gasteiger partial charge in [-0.15, -0.1) is 0 Å². The quantitative estimate of drug-likeness (QED) is 0.116. The van der Waals surface area contributed by atoms with Crippen molar-refractivity contribution in [2.24, 2.45) is 4.99 Å². The minimum Gasteiger partial charge on any atom is -0.496 e. The topological polar surface area (TPSA) is 126 Å². The van der Waals surface area contributed by atoms with E-state index in [1.165, 1.54) is 36.2 Å². The highest BCUT2D eigenvalue weighted by Crippen LogP contribution is 2.40. The molecule has 51 heavy (non-hydrogen) atoms. The molecular formula is C38H30BrIN2O8S. The number of fused-ring (bicyclic) bond motifs is 1. The lowest BCUT2D eigenvalue weighted by molar-refractivity contribution is -0.138. The summed E-state index contributed by atoms with van der Waals surface area (Å²) in [5.41, 5.74) is 3.07. The third-order valence-corrected chi connectivity index (χ3v) is 10.2. The van der Waals surface area contributed by atoms with Crippen molar-refractivity contribution >= 4 is 73.6 Å². The first-order chi connectivity index (χ1) is 24.6. The number of halogens is 2. The number of esters is 1. The van der Waals surface area contributed by atoms with Gasteiger partial charge in [0, 0.05) is 15.6 Å². The molecule has 1 N–H and O–H groups in total. The summed E-state index contributed by atoms with van der Waals surface area (Å²) in [4.78, 5) is 45.0. The summed E-state index contributed by atoms with van der Waals surface area (Å²) < 4.78 is 26.5. The number of methoxy groups -OCH3 is 2. The Morgan fingerprint density at radius 3 is 2.47 bits per heavy atom. The fraction of sp³-hybridized carbons (Fsp3) is 0.158. The van der Waals surface area contributed by atoms with E-state index >= 15 is 0 Å². The number of carboxylic acids is 1. The summed E-state index contributed by atoms with van der Waals surface area (Å²) in [5.74, 6) is -0.215. The van der Waals surface area contributed by atoms with Crippen LogP contribution in [-0.4, -0.2) is 42.4 Å². The summed E-state index contributed by atoms with van der Waals surface area (Å²) in [6.07, 6.45) is 1.75. The van der Waals surface area contributed by atoms with E-state index in [1.807, 2.05) is 48.5 Å². The normalized spacial score (nSPS) is 14.1. The maximum absolute atomic E-state index is 14.5. The number of ether oxygens (including phenoxy) is 4. The third kappa shape index (κ3) is 7.51. The molecule has 0 fully saturated rings. The summed E-state index contributed by atoms with van der Waals surface area (Å²) in [5, 5.41) is 9.35. The second kappa shape index (κ2) is 15.7. The number of benzene rings is 4. The molecule has 10 nitrogen and oxygen atoms in total. The summed E-state index contributed by atoms with van der Waals surface area (Å²) >= 11 is 6.90. The van der Waals surface area contributed by atoms with Crippen LogP contribution in [0.2, 0.25) is 0 Å². The van der Waals surface area contributed by atoms with Crippen LogP contribution in [0, 0.1) is 3.57 Å². The van der Waals surface area contributed by atoms with Crippen molar-refractivity contribution in [3.8, 4) is 17.2 Å². The standard InChI is InChI=1S/C38H30BrIN2O8S/c1-4-49-37(46)31-32(23-10-6-5-7-11-23)41-38-42(33(31)26-19-25(39)13-14-28(26)47-2)35(43)30(51-38)18-22-16-27(40)34(29(17-22)48-3)50-20-21-9-8-12-24(15-21)36(44)45/h5-19,33H,4,20H2,1-3H3,(H,44,45)/b30-18+/t33-/m0/s1. The summed E-state index contributed by atoms with van der Waals surface area (Å²) in [6, 6.07) is 24.0. The number of rotatable bonds is 11. The second-order valence-corrected chi connectivity index (χ2v) is 14.2. The molecule has 0 saturated heterocycles. The number of hydrogen-bond acceptors (Lipinski definition) is 9. The van der Waals surface area contributed by atoms with E-state index < -0.39 is 18.0 Å². The SMILES string of the molecule is CCOC(=O)C1=C(c2ccccc2)N=c2s/c(=C/c3cc(I)c(OCc4cccc(C(=O)O)c4)c(OC)c3)c(=O)n2[C@H]1c1cc(Br)ccc1OC. The van der Waals surface area contributed by atoms with E-state index in [2.05, 4.69) is 38.5 Å². The number of aromatic nitrogens is 1. The van der Waals surface area contributed by atoms with Crippen molar-refractivity contribution in [2.75, 3.05) is 20.8 Å². The van der Waals surface area contributed by atoms with Crippen molar-refractivity contribution in [1.82, 2.24) is 4.57 Å². The van der Waals surface area contributed by atoms with Crippen molar-refractivity contribution in [3.63, 3.8) is 0 Å². The molecule has 6 rings (SSSR count). The third-order valence-electron chi connectivity index (χ3n) is 7.97. The van der Waals surface area contributed by atoms with E-state index in [9.17, 15) is 19.5 Å². The van der Waals surface area contributed by atoms with Gasteiger partial charge in [0.25, 0.3) is 5.56 Å². The average molecular weight is 882 g/mol. The van der Waals surface area contributed by atoms with E-state index in [4.69, 9.17) is 23.9 Å². The van der Waals surface area contributed by atoms with Crippen LogP contribution in [-0.2, 0) is 16.1 Å². The van der Waals surface area contributed by atoms with Gasteiger partial charge in [0.15, 0.2) is 16.3 Å². The first kappa shape index (κ1) is 36.1. The van der Waals surface area contributed by atoms with E-state index in [0.29, 0.717) is 58.1 Å². The van der Waals surface area contributed by atoms with Crippen LogP contribution in [0.4, 0.5) is 0 Å². The molecular weight excluding hydrogens is 851 g/mol. The molecule has 1 aliphatic heterocycles. The Kier molecular flexibility index (Phi) is 11.1. The molecule has 1 atom stereocenters. The summed E-state index contributed by atoms with van der Waals surface area (Å²) in [6.45, 7) is 1.98. The van der Waals surface area contributed by atoms with Crippen molar-refractivity contribution in [2.45, 2.75) is 19.6 Å². The maximum atomic E-state index is 14.5. The van der Waals surface area contributed by atoms with Crippen LogP contribution >= 0.6 is 49.9 Å². The molecule has 0 unspecified atom stereocenters. The minimum atomic E-state index is -1.02. The number of nitrogens with zero attached hydrogens (tertiary/aromatic N) is 2. The number of hydrogen-bond donors (Lipinski definition) is 1. The largest absolute Gasteiger partial charge is 0.496 e. The maximum Gasteiger partial charge on any atom is 0.338 e. The van der Waals surface area contributed by atoms with Crippen molar-refractivity contribution in [1.29, 1.82) is 0 Å². The molecule has 1 aromatic heterocycles. The highest BCUT2D eigenvalue weighted by molar-refractivity contribution is 14.1. The average Bonchev–Trinajstić information content (AvgIpc) is 3.44. The molecule has 4 aromatic carbocycles. The Balaban J connectivity index is 1.50. The molecule has 0 radical (unpaired) electrons. The number of thiazole rings is 1. The van der Waals surface area contributed by atoms with E-state index in [0.717, 1.165) is 4.47 Å². The van der Waals surface area contributed by atoms with Gasteiger partial charge in [-0.2, -0.15) is 0 Å². The van der Waals surface area contributed by atoms with Gasteiger partial charge in [0.1, 0.15) is 18.4 Å². The van der Waals surface area contributed by atoms with Crippen LogP contribution in [0.25, 0.3) is 11.8 Å². The molecule has 260 valence electrons. The van der Waals surface area contributed by atoms with Crippen molar-refractivity contribution < 1.29 is 33.6 Å². The van der Waals surface area contributed by atoms with Gasteiger partial charge >= 0.3 is 11.9 Å². The van der Waals surface area contributed by atoms with Crippen LogP contribution in [0.3, 0.4) is 0 Å². The predicted octanol–water partition coefficient (Wildman–Crippen LogP) is 6.60. The molecule has 0 bridgehead atoms. The Morgan fingerprint density at radius 2 is 1.76 bits per heavy atom. The van der Waals surface area contributed by atoms with Gasteiger partial charge in [-0.1, -0.05) is 69.7 Å². The van der Waals surface area contributed by atoms with Gasteiger partial charge in [0.2, 0.25) is 0 Å². The first-order valence-corrected chi connectivity index (χ1v) is 18.3. The Hall–Kier alpha value is -4.73. The van der Waals surface area contributed by atoms with Crippen molar-refractivity contribution in [3.05, 3.63) is 146 Å². The number of carbonyl (C=O) groups is 2. The van der Waals surface area contributed by atoms with Crippen LogP contribution in [0.5, 0.6) is 17.2 Å². The van der Waals surface area contributed by atoms with E-state index in [1.54, 1.807) is 43.3 Å². The van der Waals surface area contributed by atoms with Crippen LogP contribution < -0.4 is 29.1 Å². The monoisotopic (exact) mass is 880 g/mol. The second-order valence-electron chi connectivity index (χ2n) is 11.1. The van der Waals surface area contributed by atoms with Gasteiger partial charge in [0.05, 0.1) is 45.8 Å². The van der Waals surface area contributed by atoms with Crippen LogP contribution in [0.15, 0.2) is 105 Å². The Bertz CT molecular complexity index is 2370. The van der Waals surface area contributed by atoms with Crippen LogP contribution in [0.1, 0.15) is 45.6 Å². The lowest BCUT2D eigenvalue weighted by atomic mass is 9.92. The number of carboxylic acid groups (broad SMARTS) is 1. The van der Waals surface area contributed by atoms with E-state index in [-0.39, 0.29) is 29.9 Å². The smallest absolute Gasteiger partial charge is 0.338 e. The molecule has 1 aliphatic rings. The number of aromatic carboxylic acids is 1. The zero-order chi connectivity index (χ0) is 36.2. The van der Waals surface area contributed by atoms with Gasteiger partial charge in [-0.25, -0.2) is 14.6 Å². The predicted molar refractivity (Wildman–Crippen MR) is 205 cm³/mol. The fourth-order valence-electron chi connectivity index (χ4n) is 5.72. The lowest BCUT2D eigenvalue weighted by Gasteiger charge is -2.27. The Morgan fingerprint density at radius 1 is 1.00 bits per heavy atom. The molecule has 13 heteroatoms. The zero-order valence-corrected chi connectivity index (χ0v) is 32.1. The molecule has 2 heterocycles. The summed E-state index contributed by atoms with van der Waals surface area (Å²) in [7, 11) is 3.06. The minimum absolute atomic E-state index is 0.122. The molecule has 0 aliphatic carbocycles. The Labute approximate surface area is 318 Å². The highest BCUT2D eigenvalue weighted by atomic mass is 127. The lowest BCUT2D eigenvalue weighted by Crippen LogP contribution is -2.40. The highest BCUT2D eigenvalue weighted by Gasteiger charge is 2.37. The first-order valence-electron chi connectivity index (χ1n) is 15.6. The van der Waals surface area contributed by atoms with Gasteiger partial charge < -0.3 is 24.1 Å². The molecule has 5 aromatic rings. The fourth-order valence-corrected chi connectivity index (χ4v) is 7.88. The number of carbonyl (C=O) groups excluding carboxylic acids is 1. The van der Waals surface area contributed by atoms with Gasteiger partial charge in [-0.05, 0) is 89.2 Å².